The van der Waals surface area contributed by atoms with Crippen LogP contribution in [0.3, 0.4) is 0 Å². The minimum Gasteiger partial charge on any atom is -0.493 e. The van der Waals surface area contributed by atoms with Crippen LogP contribution in [-0.2, 0) is 23.1 Å². The Morgan fingerprint density at radius 1 is 1.15 bits per heavy atom. The highest BCUT2D eigenvalue weighted by Crippen LogP contribution is 2.56. The Morgan fingerprint density at radius 3 is 2.71 bits per heavy atom. The van der Waals surface area contributed by atoms with Gasteiger partial charge in [0, 0.05) is 29.3 Å². The van der Waals surface area contributed by atoms with E-state index in [1.165, 1.54) is 35.2 Å². The van der Waals surface area contributed by atoms with Gasteiger partial charge in [-0.3, -0.25) is 4.98 Å². The largest absolute Gasteiger partial charge is 0.493 e. The zero-order valence-corrected chi connectivity index (χ0v) is 24.8. The third-order valence-corrected chi connectivity index (χ3v) is 10.3. The molecule has 0 amide bonds. The van der Waals surface area contributed by atoms with Crippen molar-refractivity contribution in [2.75, 3.05) is 11.9 Å². The molecule has 2 aromatic heterocycles. The van der Waals surface area contributed by atoms with Gasteiger partial charge in [-0.1, -0.05) is 49.7 Å². The van der Waals surface area contributed by atoms with Gasteiger partial charge in [0.2, 0.25) is 0 Å². The number of nitrogens with one attached hydrogen (secondary N) is 1. The quantitative estimate of drug-likeness (QED) is 0.270. The summed E-state index contributed by atoms with van der Waals surface area (Å²) in [7, 11) is 0. The average molecular weight is 574 g/mol. The number of benzene rings is 1. The van der Waals surface area contributed by atoms with Crippen LogP contribution in [0.2, 0.25) is 5.15 Å². The summed E-state index contributed by atoms with van der Waals surface area (Å²) in [5.41, 5.74) is 4.99. The molecule has 3 atom stereocenters. The highest BCUT2D eigenvalue weighted by molar-refractivity contribution is 6.29. The zero-order valence-electron chi connectivity index (χ0n) is 24.0. The van der Waals surface area contributed by atoms with Crippen LogP contribution >= 0.6 is 11.6 Å². The molecule has 0 bridgehead atoms. The number of pyridine rings is 2. The van der Waals surface area contributed by atoms with Gasteiger partial charge in [0.1, 0.15) is 16.4 Å². The SMILES string of the molecule is C[C@@H](COc1ccnc2c1[C@H](C)CCC2)CC1Cc2ccccc2C12CCC(Nc1ccnc(Cl)c1)(C(=O)O)CC2. The van der Waals surface area contributed by atoms with E-state index in [-0.39, 0.29) is 5.41 Å². The second kappa shape index (κ2) is 11.3. The molecule has 7 heteroatoms. The van der Waals surface area contributed by atoms with Gasteiger partial charge in [-0.2, -0.15) is 0 Å². The molecule has 6 rings (SSSR count). The molecule has 0 radical (unpaired) electrons. The van der Waals surface area contributed by atoms with Gasteiger partial charge < -0.3 is 15.2 Å². The molecular formula is C34H40ClN3O3. The lowest BCUT2D eigenvalue weighted by molar-refractivity contribution is -0.144. The average Bonchev–Trinajstić information content (AvgIpc) is 3.25. The number of aliphatic carboxylic acids is 1. The zero-order chi connectivity index (χ0) is 28.6. The summed E-state index contributed by atoms with van der Waals surface area (Å²) < 4.78 is 6.50. The summed E-state index contributed by atoms with van der Waals surface area (Å²) >= 11 is 6.10. The summed E-state index contributed by atoms with van der Waals surface area (Å²) in [6.07, 6.45) is 11.8. The number of nitrogens with zero attached hydrogens (tertiary/aromatic N) is 2. The Morgan fingerprint density at radius 2 is 1.93 bits per heavy atom. The number of carboxylic acids is 1. The molecular weight excluding hydrogens is 534 g/mol. The number of fused-ring (bicyclic) bond motifs is 3. The molecule has 1 spiro atoms. The molecule has 3 aliphatic rings. The molecule has 0 saturated heterocycles. The van der Waals surface area contributed by atoms with Crippen molar-refractivity contribution in [3.8, 4) is 5.75 Å². The fraction of sp³-hybridized carbons (Fsp3) is 0.500. The van der Waals surface area contributed by atoms with E-state index in [1.807, 2.05) is 12.3 Å². The Labute approximate surface area is 247 Å². The van der Waals surface area contributed by atoms with E-state index < -0.39 is 11.5 Å². The van der Waals surface area contributed by atoms with Crippen LogP contribution in [-0.4, -0.2) is 33.2 Å². The van der Waals surface area contributed by atoms with Gasteiger partial charge in [-0.05, 0) is 110 Å². The van der Waals surface area contributed by atoms with Crippen molar-refractivity contribution in [3.63, 3.8) is 0 Å². The first-order valence-corrected chi connectivity index (χ1v) is 15.5. The third kappa shape index (κ3) is 5.31. The number of aryl methyl sites for hydroxylation is 1. The molecule has 1 fully saturated rings. The lowest BCUT2D eigenvalue weighted by Crippen LogP contribution is -2.53. The maximum Gasteiger partial charge on any atom is 0.329 e. The Kier molecular flexibility index (Phi) is 7.71. The van der Waals surface area contributed by atoms with E-state index in [2.05, 4.69) is 53.4 Å². The number of hydrogen-bond acceptors (Lipinski definition) is 5. The molecule has 2 heterocycles. The van der Waals surface area contributed by atoms with Crippen molar-refractivity contribution in [1.29, 1.82) is 0 Å². The molecule has 216 valence electrons. The van der Waals surface area contributed by atoms with E-state index in [0.29, 0.717) is 48.0 Å². The lowest BCUT2D eigenvalue weighted by Gasteiger charge is -2.47. The van der Waals surface area contributed by atoms with Crippen LogP contribution in [0.4, 0.5) is 5.69 Å². The van der Waals surface area contributed by atoms with E-state index in [1.54, 1.807) is 18.3 Å². The van der Waals surface area contributed by atoms with Crippen LogP contribution in [0.1, 0.15) is 87.1 Å². The van der Waals surface area contributed by atoms with Crippen molar-refractivity contribution < 1.29 is 14.6 Å². The lowest BCUT2D eigenvalue weighted by atomic mass is 9.59. The van der Waals surface area contributed by atoms with Crippen LogP contribution < -0.4 is 10.1 Å². The van der Waals surface area contributed by atoms with Gasteiger partial charge in [0.05, 0.1) is 6.61 Å². The minimum atomic E-state index is -1.02. The molecule has 3 aliphatic carbocycles. The fourth-order valence-electron chi connectivity index (χ4n) is 7.98. The maximum atomic E-state index is 12.7. The molecule has 1 saturated carbocycles. The third-order valence-electron chi connectivity index (χ3n) is 10.1. The first kappa shape index (κ1) is 28.0. The maximum absolute atomic E-state index is 12.7. The van der Waals surface area contributed by atoms with Crippen LogP contribution in [0.15, 0.2) is 54.9 Å². The topological polar surface area (TPSA) is 84.3 Å². The fourth-order valence-corrected chi connectivity index (χ4v) is 8.15. The molecule has 2 N–H and O–H groups in total. The summed E-state index contributed by atoms with van der Waals surface area (Å²) in [5, 5.41) is 14.1. The number of carboxylic acid groups (broad SMARTS) is 1. The van der Waals surface area contributed by atoms with Gasteiger partial charge in [0.25, 0.3) is 0 Å². The number of aromatic nitrogens is 2. The van der Waals surface area contributed by atoms with Gasteiger partial charge in [-0.15, -0.1) is 0 Å². The number of carbonyl (C=O) groups is 1. The van der Waals surface area contributed by atoms with Gasteiger partial charge in [-0.25, -0.2) is 9.78 Å². The molecule has 3 aromatic rings. The van der Waals surface area contributed by atoms with Crippen LogP contribution in [0, 0.1) is 11.8 Å². The van der Waals surface area contributed by atoms with Crippen molar-refractivity contribution in [3.05, 3.63) is 82.4 Å². The highest BCUT2D eigenvalue weighted by atomic mass is 35.5. The first-order chi connectivity index (χ1) is 19.8. The summed E-state index contributed by atoms with van der Waals surface area (Å²) in [6.45, 7) is 5.26. The van der Waals surface area contributed by atoms with Crippen molar-refractivity contribution in [2.24, 2.45) is 11.8 Å². The molecule has 1 unspecified atom stereocenters. The molecule has 6 nitrogen and oxygen atoms in total. The number of halogens is 1. The Bertz CT molecular complexity index is 1420. The number of ether oxygens (including phenoxy) is 1. The molecule has 0 aliphatic heterocycles. The minimum absolute atomic E-state index is 0.0221. The van der Waals surface area contributed by atoms with Gasteiger partial charge >= 0.3 is 5.97 Å². The monoisotopic (exact) mass is 573 g/mol. The summed E-state index contributed by atoms with van der Waals surface area (Å²) in [4.78, 5) is 21.4. The van der Waals surface area contributed by atoms with E-state index in [4.69, 9.17) is 16.3 Å². The number of anilines is 1. The first-order valence-electron chi connectivity index (χ1n) is 15.1. The number of hydrogen-bond donors (Lipinski definition) is 2. The Hall–Kier alpha value is -3.12. The van der Waals surface area contributed by atoms with Crippen LogP contribution in [0.5, 0.6) is 5.75 Å². The summed E-state index contributed by atoms with van der Waals surface area (Å²) in [5.74, 6) is 1.51. The predicted octanol–water partition coefficient (Wildman–Crippen LogP) is 7.59. The summed E-state index contributed by atoms with van der Waals surface area (Å²) in [6, 6.07) is 14.3. The van der Waals surface area contributed by atoms with Crippen molar-refractivity contribution in [2.45, 2.75) is 88.5 Å². The van der Waals surface area contributed by atoms with Crippen molar-refractivity contribution >= 4 is 23.3 Å². The Balaban J connectivity index is 1.19. The second-order valence-corrected chi connectivity index (χ2v) is 13.1. The van der Waals surface area contributed by atoms with E-state index in [9.17, 15) is 9.90 Å². The normalized spacial score (nSPS) is 27.6. The van der Waals surface area contributed by atoms with Crippen molar-refractivity contribution in [1.82, 2.24) is 9.97 Å². The smallest absolute Gasteiger partial charge is 0.329 e. The predicted molar refractivity (Wildman–Crippen MR) is 162 cm³/mol. The number of rotatable bonds is 8. The molecule has 41 heavy (non-hydrogen) atoms. The van der Waals surface area contributed by atoms with Crippen LogP contribution in [0.25, 0.3) is 0 Å². The standard InChI is InChI=1S/C34H40ClN3O3/c1-22(21-41-29-11-17-36-28-9-5-6-23(2)31(28)29)18-25-19-24-7-3-4-8-27(24)33(25)12-14-34(15-13-33,32(39)40)38-26-10-16-37-30(35)20-26/h3-4,7-8,10-11,16-17,20,22-23,25H,5-6,9,12-15,18-19,21H2,1-2H3,(H,37,38)(H,39,40)/t22-,23-,25?,33?,34?/m1/s1. The van der Waals surface area contributed by atoms with Gasteiger partial charge in [0.15, 0.2) is 0 Å². The van der Waals surface area contributed by atoms with E-state index in [0.717, 1.165) is 37.9 Å². The second-order valence-electron chi connectivity index (χ2n) is 12.7. The van der Waals surface area contributed by atoms with E-state index >= 15 is 0 Å². The highest BCUT2D eigenvalue weighted by Gasteiger charge is 2.54. The molecule has 1 aromatic carbocycles.